The molecular weight excluding hydrogens is 208 g/mol. The molecule has 2 aromatic carbocycles. The van der Waals surface area contributed by atoms with Gasteiger partial charge < -0.3 is 5.11 Å². The lowest BCUT2D eigenvalue weighted by Crippen LogP contribution is -1.83. The van der Waals surface area contributed by atoms with Crippen LogP contribution >= 0.6 is 0 Å². The van der Waals surface area contributed by atoms with Crippen LogP contribution in [0.5, 0.6) is 0 Å². The molecule has 86 valence electrons. The van der Waals surface area contributed by atoms with Crippen LogP contribution in [-0.2, 0) is 12.8 Å². The van der Waals surface area contributed by atoms with Crippen molar-refractivity contribution in [3.05, 3.63) is 53.1 Å². The van der Waals surface area contributed by atoms with Crippen LogP contribution in [0, 0.1) is 0 Å². The van der Waals surface area contributed by atoms with Crippen molar-refractivity contribution in [2.75, 3.05) is 6.61 Å². The van der Waals surface area contributed by atoms with Gasteiger partial charge in [-0.2, -0.15) is 0 Å². The van der Waals surface area contributed by atoms with Crippen LogP contribution < -0.4 is 0 Å². The summed E-state index contributed by atoms with van der Waals surface area (Å²) in [5.41, 5.74) is 4.23. The summed E-state index contributed by atoms with van der Waals surface area (Å²) in [6.45, 7) is 0.220. The van der Waals surface area contributed by atoms with E-state index < -0.39 is 0 Å². The van der Waals surface area contributed by atoms with E-state index >= 15 is 0 Å². The zero-order valence-corrected chi connectivity index (χ0v) is 9.82. The van der Waals surface area contributed by atoms with E-state index in [1.165, 1.54) is 40.3 Å². The number of rotatable bonds is 3. The fourth-order valence-corrected chi connectivity index (χ4v) is 2.70. The first kappa shape index (κ1) is 10.5. The molecule has 1 heteroatoms. The third-order valence-electron chi connectivity index (χ3n) is 3.50. The highest BCUT2D eigenvalue weighted by molar-refractivity contribution is 5.96. The van der Waals surface area contributed by atoms with Gasteiger partial charge in [-0.1, -0.05) is 42.5 Å². The molecule has 1 nitrogen and oxygen atoms in total. The second-order valence-corrected chi connectivity index (χ2v) is 4.57. The average Bonchev–Trinajstić information content (AvgIpc) is 2.78. The Hall–Kier alpha value is -1.60. The zero-order chi connectivity index (χ0) is 11.7. The van der Waals surface area contributed by atoms with Crippen molar-refractivity contribution in [2.45, 2.75) is 19.3 Å². The third kappa shape index (κ3) is 1.77. The van der Waals surface area contributed by atoms with Crippen molar-refractivity contribution in [3.8, 4) is 0 Å². The predicted molar refractivity (Wildman–Crippen MR) is 72.1 cm³/mol. The quantitative estimate of drug-likeness (QED) is 0.847. The maximum atomic E-state index is 8.80. The van der Waals surface area contributed by atoms with Gasteiger partial charge >= 0.3 is 0 Å². The lowest BCUT2D eigenvalue weighted by atomic mass is 9.99. The Morgan fingerprint density at radius 3 is 2.71 bits per heavy atom. The Balaban J connectivity index is 2.15. The molecule has 0 saturated heterocycles. The molecule has 0 amide bonds. The Labute approximate surface area is 101 Å². The fourth-order valence-electron chi connectivity index (χ4n) is 2.70. The van der Waals surface area contributed by atoms with Crippen molar-refractivity contribution >= 4 is 16.8 Å². The first-order valence-electron chi connectivity index (χ1n) is 6.21. The Bertz CT molecular complexity index is 571. The molecule has 17 heavy (non-hydrogen) atoms. The minimum atomic E-state index is 0.220. The molecule has 0 heterocycles. The largest absolute Gasteiger partial charge is 0.396 e. The maximum Gasteiger partial charge on any atom is 0.0465 e. The molecule has 0 aliphatic heterocycles. The second-order valence-electron chi connectivity index (χ2n) is 4.57. The number of benzene rings is 2. The lowest BCUT2D eigenvalue weighted by Gasteiger charge is -2.05. The van der Waals surface area contributed by atoms with Crippen molar-refractivity contribution < 1.29 is 5.11 Å². The van der Waals surface area contributed by atoms with Gasteiger partial charge in [-0.15, -0.1) is 0 Å². The maximum absolute atomic E-state index is 8.80. The van der Waals surface area contributed by atoms with E-state index in [-0.39, 0.29) is 6.61 Å². The van der Waals surface area contributed by atoms with Gasteiger partial charge in [-0.25, -0.2) is 0 Å². The van der Waals surface area contributed by atoms with E-state index in [9.17, 15) is 0 Å². The molecule has 0 fully saturated rings. The standard InChI is InChI=1S/C16H16O/c17-11-2-1-4-12-7-8-14-10-9-13-5-3-6-15(12)16(13)14/h1,3-8,17H,2,9-11H2. The molecule has 0 radical (unpaired) electrons. The lowest BCUT2D eigenvalue weighted by molar-refractivity contribution is 0.303. The van der Waals surface area contributed by atoms with Crippen LogP contribution in [0.25, 0.3) is 16.8 Å². The van der Waals surface area contributed by atoms with Crippen LogP contribution in [0.15, 0.2) is 36.4 Å². The van der Waals surface area contributed by atoms with Gasteiger partial charge in [0, 0.05) is 6.61 Å². The van der Waals surface area contributed by atoms with Gasteiger partial charge in [0.1, 0.15) is 0 Å². The minimum absolute atomic E-state index is 0.220. The van der Waals surface area contributed by atoms with Crippen LogP contribution in [-0.4, -0.2) is 11.7 Å². The van der Waals surface area contributed by atoms with E-state index in [1.807, 2.05) is 6.08 Å². The molecular formula is C16H16O. The Morgan fingerprint density at radius 1 is 1.06 bits per heavy atom. The van der Waals surface area contributed by atoms with E-state index in [0.717, 1.165) is 6.42 Å². The average molecular weight is 224 g/mol. The van der Waals surface area contributed by atoms with Gasteiger partial charge in [0.2, 0.25) is 0 Å². The molecule has 1 aliphatic rings. The van der Waals surface area contributed by atoms with Crippen molar-refractivity contribution in [2.24, 2.45) is 0 Å². The van der Waals surface area contributed by atoms with Gasteiger partial charge in [-0.05, 0) is 46.7 Å². The molecule has 0 spiro atoms. The number of hydrogen-bond donors (Lipinski definition) is 1. The summed E-state index contributed by atoms with van der Waals surface area (Å²) in [4.78, 5) is 0. The third-order valence-corrected chi connectivity index (χ3v) is 3.50. The van der Waals surface area contributed by atoms with Gasteiger partial charge in [-0.3, -0.25) is 0 Å². The van der Waals surface area contributed by atoms with Crippen molar-refractivity contribution in [1.29, 1.82) is 0 Å². The predicted octanol–water partition coefficient (Wildman–Crippen LogP) is 3.33. The number of aryl methyl sites for hydroxylation is 2. The summed E-state index contributed by atoms with van der Waals surface area (Å²) in [6.07, 6.45) is 7.24. The summed E-state index contributed by atoms with van der Waals surface area (Å²) >= 11 is 0. The molecule has 3 rings (SSSR count). The first-order valence-corrected chi connectivity index (χ1v) is 6.21. The van der Waals surface area contributed by atoms with E-state index in [1.54, 1.807) is 0 Å². The summed E-state index contributed by atoms with van der Waals surface area (Å²) in [5, 5.41) is 11.6. The van der Waals surface area contributed by atoms with Crippen LogP contribution in [0.2, 0.25) is 0 Å². The topological polar surface area (TPSA) is 20.2 Å². The Morgan fingerprint density at radius 2 is 1.88 bits per heavy atom. The van der Waals surface area contributed by atoms with Gasteiger partial charge in [0.05, 0.1) is 0 Å². The smallest absolute Gasteiger partial charge is 0.0465 e. The number of hydrogen-bond acceptors (Lipinski definition) is 1. The minimum Gasteiger partial charge on any atom is -0.396 e. The van der Waals surface area contributed by atoms with E-state index in [2.05, 4.69) is 36.4 Å². The summed E-state index contributed by atoms with van der Waals surface area (Å²) in [7, 11) is 0. The Kier molecular flexibility index (Phi) is 2.69. The molecule has 0 aromatic heterocycles. The van der Waals surface area contributed by atoms with Gasteiger partial charge in [0.25, 0.3) is 0 Å². The normalized spacial score (nSPS) is 13.9. The van der Waals surface area contributed by atoms with E-state index in [4.69, 9.17) is 5.11 Å². The first-order chi connectivity index (χ1) is 8.40. The number of aliphatic hydroxyl groups is 1. The van der Waals surface area contributed by atoms with Gasteiger partial charge in [0.15, 0.2) is 0 Å². The zero-order valence-electron chi connectivity index (χ0n) is 9.82. The van der Waals surface area contributed by atoms with Crippen LogP contribution in [0.1, 0.15) is 23.1 Å². The highest BCUT2D eigenvalue weighted by atomic mass is 16.2. The molecule has 0 bridgehead atoms. The number of aliphatic hydroxyl groups excluding tert-OH is 1. The second kappa shape index (κ2) is 4.34. The molecule has 0 atom stereocenters. The van der Waals surface area contributed by atoms with Crippen LogP contribution in [0.4, 0.5) is 0 Å². The molecule has 1 aliphatic carbocycles. The summed E-state index contributed by atoms with van der Waals surface area (Å²) in [6, 6.07) is 11.0. The van der Waals surface area contributed by atoms with Crippen molar-refractivity contribution in [3.63, 3.8) is 0 Å². The highest BCUT2D eigenvalue weighted by Crippen LogP contribution is 2.33. The molecule has 0 saturated carbocycles. The summed E-state index contributed by atoms with van der Waals surface area (Å²) in [5.74, 6) is 0. The molecule has 1 N–H and O–H groups in total. The SMILES string of the molecule is OCCC=Cc1ccc2c3c(cccc13)CC2. The van der Waals surface area contributed by atoms with Crippen LogP contribution in [0.3, 0.4) is 0 Å². The summed E-state index contributed by atoms with van der Waals surface area (Å²) < 4.78 is 0. The molecule has 0 unspecified atom stereocenters. The van der Waals surface area contributed by atoms with E-state index in [0.29, 0.717) is 0 Å². The molecule has 2 aromatic rings. The fraction of sp³-hybridized carbons (Fsp3) is 0.250. The highest BCUT2D eigenvalue weighted by Gasteiger charge is 2.14. The van der Waals surface area contributed by atoms with Crippen molar-refractivity contribution in [1.82, 2.24) is 0 Å². The monoisotopic (exact) mass is 224 g/mol.